The summed E-state index contributed by atoms with van der Waals surface area (Å²) in [5, 5.41) is 32.3. The third-order valence-electron chi connectivity index (χ3n) is 4.51. The highest BCUT2D eigenvalue weighted by Gasteiger charge is 2.14. The topological polar surface area (TPSA) is 143 Å². The fourth-order valence-corrected chi connectivity index (χ4v) is 2.98. The molecule has 9 nitrogen and oxygen atoms in total. The summed E-state index contributed by atoms with van der Waals surface area (Å²) in [6.07, 6.45) is 2.65. The van der Waals surface area contributed by atoms with Crippen LogP contribution in [0.1, 0.15) is 27.2 Å². The molecule has 1 aromatic heterocycles. The average molecular weight is 422 g/mol. The molecule has 0 bridgehead atoms. The average Bonchev–Trinajstić information content (AvgIpc) is 3.17. The zero-order chi connectivity index (χ0) is 22.7. The Morgan fingerprint density at radius 1 is 1.10 bits per heavy atom. The summed E-state index contributed by atoms with van der Waals surface area (Å²) in [7, 11) is 0. The lowest BCUT2D eigenvalue weighted by Gasteiger charge is -2.08. The van der Waals surface area contributed by atoms with Crippen LogP contribution in [-0.2, 0) is 4.79 Å². The molecule has 0 atom stereocenters. The number of phenols is 1. The van der Waals surface area contributed by atoms with Crippen LogP contribution in [0.4, 0.5) is 11.4 Å². The van der Waals surface area contributed by atoms with Gasteiger partial charge in [-0.3, -0.25) is 14.9 Å². The van der Waals surface area contributed by atoms with Crippen LogP contribution < -0.4 is 5.32 Å². The Balaban J connectivity index is 1.74. The molecule has 0 aliphatic carbocycles. The molecule has 0 aliphatic rings. The van der Waals surface area contributed by atoms with Crippen molar-refractivity contribution in [1.82, 2.24) is 0 Å². The first kappa shape index (κ1) is 21.3. The van der Waals surface area contributed by atoms with Crippen molar-refractivity contribution in [3.05, 3.63) is 81.1 Å². The van der Waals surface area contributed by atoms with Crippen molar-refractivity contribution in [2.24, 2.45) is 0 Å². The molecule has 1 amide bonds. The molecule has 158 valence electrons. The van der Waals surface area contributed by atoms with Crippen LogP contribution in [0.5, 0.6) is 5.75 Å². The molecule has 0 saturated heterocycles. The number of benzene rings is 2. The number of anilines is 1. The molecular weight excluding hydrogens is 404 g/mol. The maximum absolute atomic E-state index is 12.2. The van der Waals surface area contributed by atoms with Gasteiger partial charge in [-0.15, -0.1) is 0 Å². The van der Waals surface area contributed by atoms with Crippen molar-refractivity contribution < 1.29 is 29.1 Å². The first-order valence-electron chi connectivity index (χ1n) is 9.07. The fraction of sp³-hybridized carbons (Fsp3) is 0.0909. The fourth-order valence-electron chi connectivity index (χ4n) is 2.98. The summed E-state index contributed by atoms with van der Waals surface area (Å²) in [5.41, 5.74) is 1.58. The number of amides is 1. The van der Waals surface area contributed by atoms with Crippen LogP contribution in [0.25, 0.3) is 17.4 Å². The molecule has 9 heteroatoms. The maximum atomic E-state index is 12.2. The Kier molecular flexibility index (Phi) is 5.87. The van der Waals surface area contributed by atoms with Gasteiger partial charge in [-0.25, -0.2) is 4.79 Å². The molecule has 0 saturated carbocycles. The maximum Gasteiger partial charge on any atom is 0.339 e. The number of hydrogen-bond donors (Lipinski definition) is 3. The monoisotopic (exact) mass is 422 g/mol. The van der Waals surface area contributed by atoms with Gasteiger partial charge in [0.25, 0.3) is 5.69 Å². The van der Waals surface area contributed by atoms with Crippen LogP contribution in [0.2, 0.25) is 0 Å². The third-order valence-corrected chi connectivity index (χ3v) is 4.51. The molecule has 1 heterocycles. The second-order valence-electron chi connectivity index (χ2n) is 6.78. The van der Waals surface area contributed by atoms with E-state index in [-0.39, 0.29) is 22.7 Å². The van der Waals surface area contributed by atoms with E-state index in [9.17, 15) is 24.8 Å². The smallest absolute Gasteiger partial charge is 0.339 e. The number of aromatic hydroxyl groups is 1. The number of non-ortho nitro benzene ring substituents is 1. The highest BCUT2D eigenvalue weighted by molar-refractivity contribution is 6.03. The third kappa shape index (κ3) is 4.78. The summed E-state index contributed by atoms with van der Waals surface area (Å²) >= 11 is 0. The van der Waals surface area contributed by atoms with E-state index in [0.29, 0.717) is 28.2 Å². The number of aryl methyl sites for hydroxylation is 2. The van der Waals surface area contributed by atoms with Crippen LogP contribution >= 0.6 is 0 Å². The minimum Gasteiger partial charge on any atom is -0.507 e. The molecule has 0 unspecified atom stereocenters. The van der Waals surface area contributed by atoms with E-state index in [0.717, 1.165) is 0 Å². The number of nitrogens with zero attached hydrogens (tertiary/aromatic N) is 1. The molecule has 3 rings (SSSR count). The zero-order valence-corrected chi connectivity index (χ0v) is 16.6. The van der Waals surface area contributed by atoms with Gasteiger partial charge in [-0.05, 0) is 61.4 Å². The summed E-state index contributed by atoms with van der Waals surface area (Å²) < 4.78 is 5.69. The van der Waals surface area contributed by atoms with Crippen LogP contribution in [0.15, 0.2) is 53.0 Å². The highest BCUT2D eigenvalue weighted by atomic mass is 16.6. The van der Waals surface area contributed by atoms with Gasteiger partial charge in [0.05, 0.1) is 4.92 Å². The number of aromatic carboxylic acids is 1. The van der Waals surface area contributed by atoms with Crippen LogP contribution in [0.3, 0.4) is 0 Å². The van der Waals surface area contributed by atoms with Gasteiger partial charge >= 0.3 is 5.97 Å². The predicted octanol–water partition coefficient (Wildman–Crippen LogP) is 4.53. The minimum absolute atomic E-state index is 0.0138. The molecule has 2 aromatic carbocycles. The summed E-state index contributed by atoms with van der Waals surface area (Å²) in [6, 6.07) is 10.4. The number of nitrogens with one attached hydrogen (secondary N) is 1. The number of carbonyl (C=O) groups is 2. The zero-order valence-electron chi connectivity index (χ0n) is 16.6. The quantitative estimate of drug-likeness (QED) is 0.229. The lowest BCUT2D eigenvalue weighted by molar-refractivity contribution is -0.384. The van der Waals surface area contributed by atoms with Gasteiger partial charge in [0.1, 0.15) is 22.8 Å². The number of nitro groups is 1. The molecule has 0 aliphatic heterocycles. The van der Waals surface area contributed by atoms with E-state index in [1.54, 1.807) is 25.1 Å². The predicted molar refractivity (Wildman–Crippen MR) is 113 cm³/mol. The Labute approximate surface area is 176 Å². The SMILES string of the molecule is Cc1cc([N+](=O)[O-])ccc1-c1ccc(/C=C/C(=O)Nc2cc(C)c(O)c(C(=O)O)c2)o1. The van der Waals surface area contributed by atoms with Crippen molar-refractivity contribution in [3.8, 4) is 17.1 Å². The van der Waals surface area contributed by atoms with E-state index in [4.69, 9.17) is 9.52 Å². The van der Waals surface area contributed by atoms with Gasteiger partial charge < -0.3 is 19.9 Å². The number of carboxylic acids is 1. The van der Waals surface area contributed by atoms with E-state index < -0.39 is 16.8 Å². The lowest BCUT2D eigenvalue weighted by atomic mass is 10.1. The molecule has 31 heavy (non-hydrogen) atoms. The summed E-state index contributed by atoms with van der Waals surface area (Å²) in [5.74, 6) is -1.31. The number of carbonyl (C=O) groups excluding carboxylic acids is 1. The van der Waals surface area contributed by atoms with Crippen LogP contribution in [0, 0.1) is 24.0 Å². The molecule has 3 aromatic rings. The molecule has 0 radical (unpaired) electrons. The van der Waals surface area contributed by atoms with Gasteiger partial charge in [0, 0.05) is 29.5 Å². The van der Waals surface area contributed by atoms with Crippen molar-refractivity contribution in [2.45, 2.75) is 13.8 Å². The van der Waals surface area contributed by atoms with Crippen molar-refractivity contribution >= 4 is 29.3 Å². The lowest BCUT2D eigenvalue weighted by Crippen LogP contribution is -2.09. The second kappa shape index (κ2) is 8.54. The molecular formula is C22H18N2O7. The summed E-state index contributed by atoms with van der Waals surface area (Å²) in [6.45, 7) is 3.26. The Morgan fingerprint density at radius 3 is 2.48 bits per heavy atom. The molecule has 3 N–H and O–H groups in total. The minimum atomic E-state index is -1.31. The van der Waals surface area contributed by atoms with E-state index in [1.807, 2.05) is 0 Å². The Bertz CT molecular complexity index is 1220. The van der Waals surface area contributed by atoms with E-state index in [2.05, 4.69) is 5.32 Å². The van der Waals surface area contributed by atoms with E-state index in [1.165, 1.54) is 43.3 Å². The van der Waals surface area contributed by atoms with Gasteiger partial charge in [0.15, 0.2) is 0 Å². The largest absolute Gasteiger partial charge is 0.507 e. The van der Waals surface area contributed by atoms with Gasteiger partial charge in [-0.1, -0.05) is 0 Å². The number of carboxylic acid groups (broad SMARTS) is 1. The van der Waals surface area contributed by atoms with Gasteiger partial charge in [0.2, 0.25) is 5.91 Å². The van der Waals surface area contributed by atoms with Crippen molar-refractivity contribution in [3.63, 3.8) is 0 Å². The Morgan fingerprint density at radius 2 is 1.84 bits per heavy atom. The molecule has 0 fully saturated rings. The first-order chi connectivity index (χ1) is 14.7. The summed E-state index contributed by atoms with van der Waals surface area (Å²) in [4.78, 5) is 33.8. The van der Waals surface area contributed by atoms with Crippen molar-refractivity contribution in [2.75, 3.05) is 5.32 Å². The second-order valence-corrected chi connectivity index (χ2v) is 6.78. The van der Waals surface area contributed by atoms with Crippen molar-refractivity contribution in [1.29, 1.82) is 0 Å². The number of rotatable bonds is 6. The first-order valence-corrected chi connectivity index (χ1v) is 9.07. The van der Waals surface area contributed by atoms with E-state index >= 15 is 0 Å². The molecule has 0 spiro atoms. The van der Waals surface area contributed by atoms with Crippen LogP contribution in [-0.4, -0.2) is 27.0 Å². The Hall–Kier alpha value is -4.40. The normalized spacial score (nSPS) is 10.9. The number of hydrogen-bond acceptors (Lipinski definition) is 6. The highest BCUT2D eigenvalue weighted by Crippen LogP contribution is 2.29. The standard InChI is InChI=1S/C22H18N2O7/c1-12-10-15(24(29)30)3-6-17(12)19-7-4-16(31-19)5-8-20(25)23-14-9-13(2)21(26)18(11-14)22(27)28/h3-11,26H,1-2H3,(H,23,25)(H,27,28)/b8-5+. The number of furan rings is 1. The number of nitro benzene ring substituents is 1. The van der Waals surface area contributed by atoms with Gasteiger partial charge in [-0.2, -0.15) is 0 Å².